The van der Waals surface area contributed by atoms with Crippen LogP contribution in [-0.2, 0) is 32.7 Å². The fourth-order valence-electron chi connectivity index (χ4n) is 0. The minimum atomic E-state index is -0.356. The maximum Gasteiger partial charge on any atom is 0 e. The molecule has 0 aromatic carbocycles. The zero-order chi connectivity index (χ0) is 4.28. The molecule has 0 saturated heterocycles. The largest absolute Gasteiger partial charge is 0 e. The fourth-order valence-corrected chi connectivity index (χ4v) is 0. The van der Waals surface area contributed by atoms with Crippen molar-refractivity contribution >= 4 is 14.3 Å². The summed E-state index contributed by atoms with van der Waals surface area (Å²) in [7, 11) is 0. The molecule has 0 N–H and O–H groups in total. The van der Waals surface area contributed by atoms with Crippen molar-refractivity contribution in [1.82, 2.24) is 0 Å². The van der Waals surface area contributed by atoms with Gasteiger partial charge in [-0.25, -0.2) is 0 Å². The second-order valence-corrected chi connectivity index (χ2v) is 8.11. The molecule has 0 aromatic heterocycles. The Morgan fingerprint density at radius 2 is 1.50 bits per heavy atom. The van der Waals surface area contributed by atoms with Gasteiger partial charge >= 0.3 is 38.0 Å². The molecular weight excluding hydrogens is 210 g/mol. The van der Waals surface area contributed by atoms with Crippen LogP contribution in [0.2, 0.25) is 16.8 Å². The third kappa shape index (κ3) is 9.17. The van der Waals surface area contributed by atoms with Gasteiger partial charge < -0.3 is 0 Å². The average Bonchev–Trinajstić information content (AvgIpc) is 1.38. The number of hydrogen-bond donors (Lipinski definition) is 0. The van der Waals surface area contributed by atoms with E-state index in [9.17, 15) is 0 Å². The minimum absolute atomic E-state index is 0. The maximum atomic E-state index is 2.39. The van der Waals surface area contributed by atoms with Gasteiger partial charge in [-0.05, 0) is 0 Å². The Labute approximate surface area is 70.1 Å². The second kappa shape index (κ2) is 6.65. The molecule has 0 unspecified atom stereocenters. The monoisotopic (exact) mass is 222 g/mol. The van der Waals surface area contributed by atoms with E-state index in [1.807, 2.05) is 0 Å². The maximum absolute atomic E-state index is 2.39. The van der Waals surface area contributed by atoms with Gasteiger partial charge in [0.05, 0.1) is 0 Å². The van der Waals surface area contributed by atoms with Crippen molar-refractivity contribution in [2.45, 2.75) is 23.7 Å². The number of rotatable bonds is 1. The molecule has 0 aromatic rings. The van der Waals surface area contributed by atoms with Crippen LogP contribution in [0.5, 0.6) is 0 Å². The van der Waals surface area contributed by atoms with E-state index in [1.54, 1.807) is 0 Å². The molecule has 0 rings (SSSR count). The zero-order valence-corrected chi connectivity index (χ0v) is 9.72. The van der Waals surface area contributed by atoms with E-state index in [1.165, 1.54) is 5.25 Å². The van der Waals surface area contributed by atoms with Gasteiger partial charge in [-0.15, -0.1) is 0 Å². The van der Waals surface area contributed by atoms with E-state index in [2.05, 4.69) is 18.4 Å². The van der Waals surface area contributed by atoms with Gasteiger partial charge in [-0.3, -0.25) is 0 Å². The van der Waals surface area contributed by atoms with Gasteiger partial charge in [0.15, 0.2) is 0 Å². The van der Waals surface area contributed by atoms with Crippen LogP contribution in [0.3, 0.4) is 0 Å². The minimum Gasteiger partial charge on any atom is 0 e. The summed E-state index contributed by atoms with van der Waals surface area (Å²) in [5, 5.41) is 1.47. The topological polar surface area (TPSA) is 0 Å². The van der Waals surface area contributed by atoms with Crippen molar-refractivity contribution in [1.29, 1.82) is 0 Å². The van der Waals surface area contributed by atoms with E-state index in [4.69, 9.17) is 0 Å². The summed E-state index contributed by atoms with van der Waals surface area (Å²) in [4.78, 5) is 0. The molecule has 2 heteroatoms. The van der Waals surface area contributed by atoms with Gasteiger partial charge in [0.2, 0.25) is 0 Å². The fraction of sp³-hybridized carbons (Fsp3) is 1.00. The van der Waals surface area contributed by atoms with E-state index >= 15 is 0 Å². The number of hydrogen-bond acceptors (Lipinski definition) is 0. The molecule has 0 saturated carbocycles. The normalized spacial score (nSPS) is 8.00. The first-order valence-corrected chi connectivity index (χ1v) is 7.74. The molecule has 0 bridgehead atoms. The summed E-state index contributed by atoms with van der Waals surface area (Å²) in [6.07, 6.45) is 0. The quantitative estimate of drug-likeness (QED) is 0.591. The van der Waals surface area contributed by atoms with Gasteiger partial charge in [0.25, 0.3) is 0 Å². The van der Waals surface area contributed by atoms with Gasteiger partial charge in [-0.1, -0.05) is 0 Å². The van der Waals surface area contributed by atoms with Crippen LogP contribution >= 0.6 is 0 Å². The molecular formula is C4H11GeY. The third-order valence-corrected chi connectivity index (χ3v) is 3.67. The van der Waals surface area contributed by atoms with Crippen LogP contribution in [0, 0.1) is 0 Å². The van der Waals surface area contributed by atoms with Gasteiger partial charge in [0.1, 0.15) is 0 Å². The standard InChI is InChI=1S/C4H11Ge.Y/c1-4-5(2)3;/h4H2,1-3H3;. The second-order valence-electron chi connectivity index (χ2n) is 1.56. The van der Waals surface area contributed by atoms with E-state index in [0.29, 0.717) is 0 Å². The van der Waals surface area contributed by atoms with Crippen LogP contribution < -0.4 is 0 Å². The van der Waals surface area contributed by atoms with Crippen molar-refractivity contribution in [3.8, 4) is 0 Å². The Kier molecular flexibility index (Phi) is 11.7. The van der Waals surface area contributed by atoms with Crippen LogP contribution in [0.4, 0.5) is 0 Å². The summed E-state index contributed by atoms with van der Waals surface area (Å²) >= 11 is -0.356. The van der Waals surface area contributed by atoms with Crippen LogP contribution in [0.15, 0.2) is 0 Å². The molecule has 0 spiro atoms. The Balaban J connectivity index is 0. The van der Waals surface area contributed by atoms with Crippen molar-refractivity contribution in [2.75, 3.05) is 0 Å². The first kappa shape index (κ1) is 10.6. The van der Waals surface area contributed by atoms with Crippen LogP contribution in [0.1, 0.15) is 6.92 Å². The van der Waals surface area contributed by atoms with Crippen molar-refractivity contribution in [2.24, 2.45) is 0 Å². The van der Waals surface area contributed by atoms with E-state index in [-0.39, 0.29) is 47.1 Å². The predicted octanol–water partition coefficient (Wildman–Crippen LogP) is 1.76. The molecule has 0 atom stereocenters. The summed E-state index contributed by atoms with van der Waals surface area (Å²) in [6, 6.07) is 0. The molecule has 34 valence electrons. The van der Waals surface area contributed by atoms with Crippen molar-refractivity contribution in [3.63, 3.8) is 0 Å². The third-order valence-electron chi connectivity index (χ3n) is 0.707. The molecule has 0 heterocycles. The predicted molar refractivity (Wildman–Crippen MR) is 28.0 cm³/mol. The zero-order valence-electron chi connectivity index (χ0n) is 4.78. The van der Waals surface area contributed by atoms with Gasteiger partial charge in [0, 0.05) is 32.7 Å². The Hall–Kier alpha value is 1.65. The molecule has 0 nitrogen and oxygen atoms in total. The van der Waals surface area contributed by atoms with E-state index < -0.39 is 0 Å². The SMILES string of the molecule is C[CH2][Ge]([CH3])[CH3].[Y]. The molecule has 0 aliphatic carbocycles. The van der Waals surface area contributed by atoms with Crippen LogP contribution in [-0.4, -0.2) is 14.3 Å². The summed E-state index contributed by atoms with van der Waals surface area (Å²) in [5.41, 5.74) is 0. The summed E-state index contributed by atoms with van der Waals surface area (Å²) < 4.78 is 0. The Morgan fingerprint density at radius 3 is 1.50 bits per heavy atom. The average molecular weight is 221 g/mol. The Bertz CT molecular complexity index is 21.5. The molecule has 0 aliphatic heterocycles. The van der Waals surface area contributed by atoms with E-state index in [0.717, 1.165) is 0 Å². The first-order valence-electron chi connectivity index (χ1n) is 2.06. The first-order chi connectivity index (χ1) is 2.27. The molecule has 2 radical (unpaired) electrons. The van der Waals surface area contributed by atoms with Crippen molar-refractivity contribution < 1.29 is 32.7 Å². The molecule has 6 heavy (non-hydrogen) atoms. The smallest absolute Gasteiger partial charge is 0 e. The summed E-state index contributed by atoms with van der Waals surface area (Å²) in [5.74, 6) is 4.78. The molecule has 0 aliphatic rings. The van der Waals surface area contributed by atoms with Crippen LogP contribution in [0.25, 0.3) is 0 Å². The molecule has 0 fully saturated rings. The Morgan fingerprint density at radius 1 is 1.33 bits per heavy atom. The summed E-state index contributed by atoms with van der Waals surface area (Å²) in [6.45, 7) is 2.27. The van der Waals surface area contributed by atoms with Crippen molar-refractivity contribution in [3.05, 3.63) is 0 Å². The van der Waals surface area contributed by atoms with Gasteiger partial charge in [-0.2, -0.15) is 0 Å². The molecule has 0 amide bonds.